The molecule has 1 aliphatic rings. The van der Waals surface area contributed by atoms with Gasteiger partial charge in [0.1, 0.15) is 0 Å². The van der Waals surface area contributed by atoms with E-state index in [-0.39, 0.29) is 10.7 Å². The van der Waals surface area contributed by atoms with Crippen molar-refractivity contribution in [3.63, 3.8) is 0 Å². The van der Waals surface area contributed by atoms with Crippen LogP contribution in [0, 0.1) is 13.8 Å². The van der Waals surface area contributed by atoms with Gasteiger partial charge in [-0.05, 0) is 55.3 Å². The molecule has 1 aliphatic heterocycles. The third-order valence-corrected chi connectivity index (χ3v) is 6.50. The first-order chi connectivity index (χ1) is 12.9. The number of rotatable bonds is 5. The molecule has 0 unspecified atom stereocenters. The average Bonchev–Trinajstić information content (AvgIpc) is 2.68. The maximum atomic E-state index is 12.6. The molecule has 2 aromatic carbocycles. The van der Waals surface area contributed by atoms with Gasteiger partial charge in [-0.2, -0.15) is 4.31 Å². The van der Waals surface area contributed by atoms with Crippen molar-refractivity contribution in [3.05, 3.63) is 70.8 Å². The van der Waals surface area contributed by atoms with Gasteiger partial charge in [-0.15, -0.1) is 0 Å². The molecule has 0 saturated carbocycles. The molecular formula is C21H23NO4S. The third-order valence-electron chi connectivity index (χ3n) is 4.59. The molecule has 0 radical (unpaired) electrons. The number of ketones is 1. The van der Waals surface area contributed by atoms with Gasteiger partial charge in [0.05, 0.1) is 18.1 Å². The first-order valence-electron chi connectivity index (χ1n) is 8.85. The van der Waals surface area contributed by atoms with Crippen LogP contribution in [0.1, 0.15) is 27.0 Å². The minimum absolute atomic E-state index is 0.162. The zero-order valence-electron chi connectivity index (χ0n) is 15.5. The molecule has 6 heteroatoms. The summed E-state index contributed by atoms with van der Waals surface area (Å²) in [5.41, 5.74) is 3.72. The van der Waals surface area contributed by atoms with Crippen molar-refractivity contribution < 1.29 is 17.9 Å². The molecule has 0 amide bonds. The summed E-state index contributed by atoms with van der Waals surface area (Å²) in [7, 11) is -3.55. The summed E-state index contributed by atoms with van der Waals surface area (Å²) >= 11 is 0. The molecule has 3 rings (SSSR count). The highest BCUT2D eigenvalue weighted by molar-refractivity contribution is 7.89. The van der Waals surface area contributed by atoms with Crippen molar-refractivity contribution in [2.24, 2.45) is 0 Å². The van der Waals surface area contributed by atoms with Gasteiger partial charge in [0.15, 0.2) is 5.78 Å². The van der Waals surface area contributed by atoms with Gasteiger partial charge in [0.2, 0.25) is 10.0 Å². The SMILES string of the molecule is Cc1ccc(C=CC(=O)c2ccc(S(=O)(=O)N3CCOCC3)cc2)c(C)c1. The van der Waals surface area contributed by atoms with Gasteiger partial charge < -0.3 is 4.74 Å². The van der Waals surface area contributed by atoms with Gasteiger partial charge in [0.25, 0.3) is 0 Å². The number of hydrogen-bond donors (Lipinski definition) is 0. The minimum Gasteiger partial charge on any atom is -0.379 e. The Bertz CT molecular complexity index is 956. The van der Waals surface area contributed by atoms with Crippen molar-refractivity contribution in [2.75, 3.05) is 26.3 Å². The normalized spacial score (nSPS) is 15.9. The fraction of sp³-hybridized carbons (Fsp3) is 0.286. The summed E-state index contributed by atoms with van der Waals surface area (Å²) in [5.74, 6) is -0.162. The standard InChI is InChI=1S/C21H23NO4S/c1-16-3-4-18(17(2)15-16)7-10-21(23)19-5-8-20(9-6-19)27(24,25)22-11-13-26-14-12-22/h3-10,15H,11-14H2,1-2H3. The fourth-order valence-corrected chi connectivity index (χ4v) is 4.41. The molecule has 0 bridgehead atoms. The van der Waals surface area contributed by atoms with Gasteiger partial charge in [0, 0.05) is 18.7 Å². The summed E-state index contributed by atoms with van der Waals surface area (Å²) < 4.78 is 31.8. The van der Waals surface area contributed by atoms with Crippen LogP contribution in [0.25, 0.3) is 6.08 Å². The van der Waals surface area contributed by atoms with E-state index in [2.05, 4.69) is 6.07 Å². The van der Waals surface area contributed by atoms with Crippen molar-refractivity contribution in [1.29, 1.82) is 0 Å². The number of hydrogen-bond acceptors (Lipinski definition) is 4. The Morgan fingerprint density at radius 3 is 2.33 bits per heavy atom. The Morgan fingerprint density at radius 1 is 1.04 bits per heavy atom. The zero-order valence-corrected chi connectivity index (χ0v) is 16.3. The average molecular weight is 385 g/mol. The molecule has 5 nitrogen and oxygen atoms in total. The lowest BCUT2D eigenvalue weighted by molar-refractivity contribution is 0.0730. The molecule has 1 fully saturated rings. The van der Waals surface area contributed by atoms with E-state index < -0.39 is 10.0 Å². The molecule has 2 aromatic rings. The number of carbonyl (C=O) groups is 1. The predicted octanol–water partition coefficient (Wildman–Crippen LogP) is 3.22. The Hall–Kier alpha value is -2.28. The zero-order chi connectivity index (χ0) is 19.4. The quantitative estimate of drug-likeness (QED) is 0.586. The van der Waals surface area contributed by atoms with E-state index in [0.717, 1.165) is 11.1 Å². The van der Waals surface area contributed by atoms with Gasteiger partial charge in [-0.25, -0.2) is 8.42 Å². The smallest absolute Gasteiger partial charge is 0.243 e. The van der Waals surface area contributed by atoms with Crippen LogP contribution in [-0.2, 0) is 14.8 Å². The molecule has 0 N–H and O–H groups in total. The van der Waals surface area contributed by atoms with Crippen molar-refractivity contribution in [2.45, 2.75) is 18.7 Å². The minimum atomic E-state index is -3.55. The first-order valence-corrected chi connectivity index (χ1v) is 10.3. The predicted molar refractivity (Wildman–Crippen MR) is 105 cm³/mol. The van der Waals surface area contributed by atoms with E-state index in [1.54, 1.807) is 18.2 Å². The molecule has 0 aromatic heterocycles. The Balaban J connectivity index is 1.74. The Morgan fingerprint density at radius 2 is 1.70 bits per heavy atom. The van der Waals surface area contributed by atoms with Crippen molar-refractivity contribution >= 4 is 21.9 Å². The maximum Gasteiger partial charge on any atom is 0.243 e. The number of allylic oxidation sites excluding steroid dienone is 1. The molecule has 1 saturated heterocycles. The van der Waals surface area contributed by atoms with Crippen molar-refractivity contribution in [3.8, 4) is 0 Å². The van der Waals surface area contributed by atoms with Crippen molar-refractivity contribution in [1.82, 2.24) is 4.31 Å². The largest absolute Gasteiger partial charge is 0.379 e. The maximum absolute atomic E-state index is 12.6. The summed E-state index contributed by atoms with van der Waals surface area (Å²) in [6, 6.07) is 12.1. The highest BCUT2D eigenvalue weighted by Crippen LogP contribution is 2.18. The molecule has 1 heterocycles. The van der Waals surface area contributed by atoms with E-state index >= 15 is 0 Å². The molecular weight excluding hydrogens is 362 g/mol. The number of ether oxygens (including phenoxy) is 1. The lowest BCUT2D eigenvalue weighted by Gasteiger charge is -2.26. The second-order valence-electron chi connectivity index (χ2n) is 6.60. The molecule has 27 heavy (non-hydrogen) atoms. The molecule has 0 spiro atoms. The number of nitrogens with zero attached hydrogens (tertiary/aromatic N) is 1. The van der Waals surface area contributed by atoms with Crippen LogP contribution in [0.15, 0.2) is 53.4 Å². The van der Waals surface area contributed by atoms with Crippen LogP contribution in [-0.4, -0.2) is 44.8 Å². The van der Waals surface area contributed by atoms with Gasteiger partial charge >= 0.3 is 0 Å². The fourth-order valence-electron chi connectivity index (χ4n) is 3.00. The summed E-state index contributed by atoms with van der Waals surface area (Å²) in [6.07, 6.45) is 3.30. The van der Waals surface area contributed by atoms with E-state index in [9.17, 15) is 13.2 Å². The number of carbonyl (C=O) groups excluding carboxylic acids is 1. The lowest BCUT2D eigenvalue weighted by atomic mass is 10.0. The number of morpholine rings is 1. The monoisotopic (exact) mass is 385 g/mol. The van der Waals surface area contributed by atoms with Gasteiger partial charge in [-0.1, -0.05) is 29.8 Å². The summed E-state index contributed by atoms with van der Waals surface area (Å²) in [6.45, 7) is 5.53. The Labute approximate surface area is 160 Å². The Kier molecular flexibility index (Phi) is 5.89. The summed E-state index contributed by atoms with van der Waals surface area (Å²) in [4.78, 5) is 12.6. The first kappa shape index (κ1) is 19.5. The molecule has 142 valence electrons. The molecule has 0 atom stereocenters. The van der Waals surface area contributed by atoms with E-state index in [0.29, 0.717) is 31.9 Å². The number of aryl methyl sites for hydroxylation is 2. The van der Waals surface area contributed by atoms with E-state index in [1.165, 1.54) is 28.1 Å². The second kappa shape index (κ2) is 8.17. The van der Waals surface area contributed by atoms with Crippen LogP contribution in [0.5, 0.6) is 0 Å². The molecule has 0 aliphatic carbocycles. The highest BCUT2D eigenvalue weighted by atomic mass is 32.2. The topological polar surface area (TPSA) is 63.7 Å². The van der Waals surface area contributed by atoms with E-state index in [4.69, 9.17) is 4.74 Å². The second-order valence-corrected chi connectivity index (χ2v) is 8.54. The number of sulfonamides is 1. The van der Waals surface area contributed by atoms with Crippen LogP contribution >= 0.6 is 0 Å². The lowest BCUT2D eigenvalue weighted by Crippen LogP contribution is -2.40. The van der Waals surface area contributed by atoms with Gasteiger partial charge in [-0.3, -0.25) is 4.79 Å². The summed E-state index contributed by atoms with van der Waals surface area (Å²) in [5, 5.41) is 0. The van der Waals surface area contributed by atoms with Crippen LogP contribution < -0.4 is 0 Å². The van der Waals surface area contributed by atoms with Crippen LogP contribution in [0.2, 0.25) is 0 Å². The van der Waals surface area contributed by atoms with Crippen LogP contribution in [0.4, 0.5) is 0 Å². The van der Waals surface area contributed by atoms with Crippen LogP contribution in [0.3, 0.4) is 0 Å². The number of benzene rings is 2. The third kappa shape index (κ3) is 4.53. The highest BCUT2D eigenvalue weighted by Gasteiger charge is 2.26. The van der Waals surface area contributed by atoms with E-state index in [1.807, 2.05) is 26.0 Å².